The molecule has 0 aromatic carbocycles. The molecular weight excluding hydrogens is 204 g/mol. The van der Waals surface area contributed by atoms with Crippen LogP contribution < -0.4 is 0 Å². The van der Waals surface area contributed by atoms with Crippen LogP contribution in [0.5, 0.6) is 0 Å². The predicted octanol–water partition coefficient (Wildman–Crippen LogP) is 3.34. The Morgan fingerprint density at radius 3 is 2.33 bits per heavy atom. The van der Waals surface area contributed by atoms with E-state index in [0.717, 1.165) is 12.8 Å². The highest BCUT2D eigenvalue weighted by atomic mass is 28.4. The van der Waals surface area contributed by atoms with Gasteiger partial charge in [0.05, 0.1) is 12.7 Å². The van der Waals surface area contributed by atoms with Crippen molar-refractivity contribution in [2.75, 3.05) is 6.61 Å². The Balaban J connectivity index is 3.98. The summed E-state index contributed by atoms with van der Waals surface area (Å²) in [5, 5.41) is 9.87. The summed E-state index contributed by atoms with van der Waals surface area (Å²) >= 11 is 0. The van der Waals surface area contributed by atoms with Crippen molar-refractivity contribution >= 4 is 8.32 Å². The van der Waals surface area contributed by atoms with Gasteiger partial charge in [0.15, 0.2) is 8.32 Å². The third kappa shape index (κ3) is 5.49. The minimum atomic E-state index is -1.69. The second kappa shape index (κ2) is 5.82. The van der Waals surface area contributed by atoms with E-state index in [4.69, 9.17) is 4.43 Å². The molecule has 0 aromatic heterocycles. The first-order valence-corrected chi connectivity index (χ1v) is 8.54. The first-order valence-electron chi connectivity index (χ1n) is 5.63. The molecule has 0 aliphatic carbocycles. The molecular formula is C12H26O2Si. The quantitative estimate of drug-likeness (QED) is 0.560. The number of hydrogen-bond acceptors (Lipinski definition) is 2. The van der Waals surface area contributed by atoms with E-state index in [9.17, 15) is 5.11 Å². The normalized spacial score (nSPS) is 15.1. The van der Waals surface area contributed by atoms with E-state index >= 15 is 0 Å². The number of allylic oxidation sites excluding steroid dienone is 1. The first kappa shape index (κ1) is 14.9. The lowest BCUT2D eigenvalue weighted by atomic mass is 10.2. The summed E-state index contributed by atoms with van der Waals surface area (Å²) in [7, 11) is -1.69. The fourth-order valence-corrected chi connectivity index (χ4v) is 1.96. The standard InChI is InChI=1S/C12H26O2Si/c1-7-8-9-11(13)10-14-15(5,6)12(2,3)4/h7,11,13H,1,8-10H2,2-6H3. The van der Waals surface area contributed by atoms with Crippen LogP contribution in [0, 0.1) is 0 Å². The zero-order chi connectivity index (χ0) is 12.1. The summed E-state index contributed by atoms with van der Waals surface area (Å²) in [6.07, 6.45) is 3.08. The Hall–Kier alpha value is -0.123. The molecule has 0 heterocycles. The van der Waals surface area contributed by atoms with E-state index in [1.807, 2.05) is 6.08 Å². The fourth-order valence-electron chi connectivity index (χ4n) is 0.915. The van der Waals surface area contributed by atoms with Crippen LogP contribution in [-0.2, 0) is 4.43 Å². The fraction of sp³-hybridized carbons (Fsp3) is 0.833. The molecule has 0 aliphatic heterocycles. The minimum Gasteiger partial charge on any atom is -0.414 e. The molecule has 1 N–H and O–H groups in total. The van der Waals surface area contributed by atoms with Crippen molar-refractivity contribution in [3.05, 3.63) is 12.7 Å². The predicted molar refractivity (Wildman–Crippen MR) is 68.6 cm³/mol. The molecule has 0 saturated heterocycles. The van der Waals surface area contributed by atoms with Gasteiger partial charge < -0.3 is 9.53 Å². The number of aliphatic hydroxyl groups excluding tert-OH is 1. The molecule has 0 amide bonds. The molecule has 0 fully saturated rings. The van der Waals surface area contributed by atoms with Crippen molar-refractivity contribution in [3.63, 3.8) is 0 Å². The number of rotatable bonds is 6. The van der Waals surface area contributed by atoms with Crippen LogP contribution in [0.1, 0.15) is 33.6 Å². The van der Waals surface area contributed by atoms with Crippen LogP contribution in [0.2, 0.25) is 18.1 Å². The number of hydrogen-bond donors (Lipinski definition) is 1. The molecule has 0 spiro atoms. The molecule has 0 aliphatic rings. The van der Waals surface area contributed by atoms with E-state index in [1.165, 1.54) is 0 Å². The third-order valence-electron chi connectivity index (χ3n) is 3.15. The first-order chi connectivity index (χ1) is 6.70. The van der Waals surface area contributed by atoms with E-state index < -0.39 is 8.32 Å². The maximum Gasteiger partial charge on any atom is 0.192 e. The van der Waals surface area contributed by atoms with E-state index in [-0.39, 0.29) is 11.1 Å². The maximum atomic E-state index is 9.66. The van der Waals surface area contributed by atoms with Crippen LogP contribution in [0.15, 0.2) is 12.7 Å². The highest BCUT2D eigenvalue weighted by Gasteiger charge is 2.37. The average molecular weight is 230 g/mol. The molecule has 0 saturated carbocycles. The zero-order valence-electron chi connectivity index (χ0n) is 10.8. The van der Waals surface area contributed by atoms with Crippen LogP contribution in [0.25, 0.3) is 0 Å². The van der Waals surface area contributed by atoms with Crippen molar-refractivity contribution in [3.8, 4) is 0 Å². The van der Waals surface area contributed by atoms with Gasteiger partial charge in [-0.05, 0) is 31.0 Å². The summed E-state index contributed by atoms with van der Waals surface area (Å²) in [4.78, 5) is 0. The Bertz CT molecular complexity index is 194. The lowest BCUT2D eigenvalue weighted by Gasteiger charge is -2.36. The summed E-state index contributed by atoms with van der Waals surface area (Å²) in [5.74, 6) is 0. The van der Waals surface area contributed by atoms with E-state index in [0.29, 0.717) is 6.61 Å². The van der Waals surface area contributed by atoms with Crippen LogP contribution >= 0.6 is 0 Å². The van der Waals surface area contributed by atoms with Crippen LogP contribution in [-0.4, -0.2) is 26.1 Å². The summed E-state index contributed by atoms with van der Waals surface area (Å²) < 4.78 is 5.91. The van der Waals surface area contributed by atoms with Crippen molar-refractivity contribution in [1.29, 1.82) is 0 Å². The van der Waals surface area contributed by atoms with Crippen molar-refractivity contribution in [1.82, 2.24) is 0 Å². The molecule has 3 heteroatoms. The Morgan fingerprint density at radius 2 is 1.93 bits per heavy atom. The molecule has 90 valence electrons. The molecule has 1 unspecified atom stereocenters. The van der Waals surface area contributed by atoms with Crippen molar-refractivity contribution in [2.45, 2.75) is 57.8 Å². The highest BCUT2D eigenvalue weighted by molar-refractivity contribution is 6.74. The minimum absolute atomic E-state index is 0.213. The lowest BCUT2D eigenvalue weighted by molar-refractivity contribution is 0.0937. The van der Waals surface area contributed by atoms with Gasteiger partial charge in [0, 0.05) is 0 Å². The second-order valence-electron chi connectivity index (χ2n) is 5.59. The molecule has 15 heavy (non-hydrogen) atoms. The Morgan fingerprint density at radius 1 is 1.40 bits per heavy atom. The lowest BCUT2D eigenvalue weighted by Crippen LogP contribution is -2.42. The maximum absolute atomic E-state index is 9.66. The molecule has 2 nitrogen and oxygen atoms in total. The van der Waals surface area contributed by atoms with Gasteiger partial charge in [-0.15, -0.1) is 6.58 Å². The SMILES string of the molecule is C=CCCC(O)CO[Si](C)(C)C(C)(C)C. The number of aliphatic hydroxyl groups is 1. The molecule has 0 rings (SSSR count). The summed E-state index contributed by atoms with van der Waals surface area (Å²) in [5.41, 5.74) is 0. The largest absolute Gasteiger partial charge is 0.414 e. The summed E-state index contributed by atoms with van der Waals surface area (Å²) in [6, 6.07) is 0. The summed E-state index contributed by atoms with van der Waals surface area (Å²) in [6.45, 7) is 15.1. The molecule has 0 radical (unpaired) electrons. The molecule has 1 atom stereocenters. The monoisotopic (exact) mass is 230 g/mol. The smallest absolute Gasteiger partial charge is 0.192 e. The highest BCUT2D eigenvalue weighted by Crippen LogP contribution is 2.36. The van der Waals surface area contributed by atoms with Gasteiger partial charge in [0.1, 0.15) is 0 Å². The van der Waals surface area contributed by atoms with Gasteiger partial charge in [-0.2, -0.15) is 0 Å². The van der Waals surface area contributed by atoms with E-state index in [1.54, 1.807) is 0 Å². The molecule has 0 aromatic rings. The van der Waals surface area contributed by atoms with Gasteiger partial charge >= 0.3 is 0 Å². The van der Waals surface area contributed by atoms with Crippen LogP contribution in [0.3, 0.4) is 0 Å². The van der Waals surface area contributed by atoms with Gasteiger partial charge in [-0.25, -0.2) is 0 Å². The average Bonchev–Trinajstić information content (AvgIpc) is 2.09. The van der Waals surface area contributed by atoms with Crippen molar-refractivity contribution < 1.29 is 9.53 Å². The third-order valence-corrected chi connectivity index (χ3v) is 7.65. The zero-order valence-corrected chi connectivity index (χ0v) is 11.8. The van der Waals surface area contributed by atoms with Gasteiger partial charge in [-0.3, -0.25) is 0 Å². The molecule has 0 bridgehead atoms. The topological polar surface area (TPSA) is 29.5 Å². The second-order valence-corrected chi connectivity index (χ2v) is 10.4. The van der Waals surface area contributed by atoms with Crippen molar-refractivity contribution in [2.24, 2.45) is 0 Å². The van der Waals surface area contributed by atoms with E-state index in [2.05, 4.69) is 40.4 Å². The van der Waals surface area contributed by atoms with Gasteiger partial charge in [-0.1, -0.05) is 26.8 Å². The van der Waals surface area contributed by atoms with Crippen LogP contribution in [0.4, 0.5) is 0 Å². The van der Waals surface area contributed by atoms with Gasteiger partial charge in [0.25, 0.3) is 0 Å². The Kier molecular flexibility index (Phi) is 5.78. The van der Waals surface area contributed by atoms with Gasteiger partial charge in [0.2, 0.25) is 0 Å². The Labute approximate surface area is 95.5 Å².